The molecule has 1 aromatic rings. The highest BCUT2D eigenvalue weighted by Crippen LogP contribution is 2.22. The fourth-order valence-corrected chi connectivity index (χ4v) is 5.19. The van der Waals surface area contributed by atoms with Crippen LogP contribution in [0.1, 0.15) is 31.4 Å². The Kier molecular flexibility index (Phi) is 5.47. The molecular weight excluding hydrogens is 328 g/mol. The number of piperidine rings is 1. The summed E-state index contributed by atoms with van der Waals surface area (Å²) in [6, 6.07) is 5.06. The monoisotopic (exact) mass is 352 g/mol. The predicted molar refractivity (Wildman–Crippen MR) is 90.6 cm³/mol. The first kappa shape index (κ1) is 17.3. The van der Waals surface area contributed by atoms with Gasteiger partial charge in [-0.2, -0.15) is 0 Å². The van der Waals surface area contributed by atoms with Crippen molar-refractivity contribution in [2.24, 2.45) is 0 Å². The van der Waals surface area contributed by atoms with E-state index in [-0.39, 0.29) is 5.91 Å². The van der Waals surface area contributed by atoms with Gasteiger partial charge in [0.15, 0.2) is 0 Å². The van der Waals surface area contributed by atoms with Crippen LogP contribution < -0.4 is 10.6 Å². The molecule has 0 aromatic carbocycles. The van der Waals surface area contributed by atoms with Crippen LogP contribution in [0.15, 0.2) is 24.4 Å². The lowest BCUT2D eigenvalue weighted by Crippen LogP contribution is -2.42. The maximum absolute atomic E-state index is 12.7. The van der Waals surface area contributed by atoms with Gasteiger partial charge in [-0.25, -0.2) is 12.7 Å². The molecule has 0 bridgehead atoms. The van der Waals surface area contributed by atoms with Gasteiger partial charge in [0.05, 0.1) is 23.5 Å². The summed E-state index contributed by atoms with van der Waals surface area (Å²) >= 11 is 0. The van der Waals surface area contributed by atoms with Crippen molar-refractivity contribution in [3.05, 3.63) is 30.1 Å². The minimum absolute atomic E-state index is 0.169. The van der Waals surface area contributed by atoms with Gasteiger partial charge in [-0.05, 0) is 31.4 Å². The summed E-state index contributed by atoms with van der Waals surface area (Å²) in [5, 5.41) is 5.36. The van der Waals surface area contributed by atoms with Crippen molar-refractivity contribution >= 4 is 15.9 Å². The molecule has 3 heterocycles. The average molecular weight is 352 g/mol. The van der Waals surface area contributed by atoms with E-state index in [1.807, 2.05) is 18.2 Å². The van der Waals surface area contributed by atoms with Crippen LogP contribution in [0.3, 0.4) is 0 Å². The number of sulfonamides is 1. The maximum atomic E-state index is 12.7. The highest BCUT2D eigenvalue weighted by Gasteiger charge is 2.40. The highest BCUT2D eigenvalue weighted by molar-refractivity contribution is 7.89. The van der Waals surface area contributed by atoms with Crippen molar-refractivity contribution in [2.45, 2.75) is 43.5 Å². The van der Waals surface area contributed by atoms with E-state index in [0.717, 1.165) is 25.0 Å². The molecule has 2 atom stereocenters. The van der Waals surface area contributed by atoms with Crippen LogP contribution >= 0.6 is 0 Å². The molecule has 3 rings (SSSR count). The third-order valence-corrected chi connectivity index (χ3v) is 6.96. The number of carbonyl (C=O) groups is 1. The van der Waals surface area contributed by atoms with Crippen molar-refractivity contribution < 1.29 is 13.2 Å². The van der Waals surface area contributed by atoms with Crippen molar-refractivity contribution in [1.82, 2.24) is 19.9 Å². The van der Waals surface area contributed by atoms with Crippen molar-refractivity contribution in [3.63, 3.8) is 0 Å². The van der Waals surface area contributed by atoms with Crippen LogP contribution in [-0.4, -0.2) is 54.5 Å². The molecule has 8 heteroatoms. The number of hydrogen-bond donors (Lipinski definition) is 2. The summed E-state index contributed by atoms with van der Waals surface area (Å²) in [6.07, 6.45) is 4.94. The zero-order valence-corrected chi connectivity index (χ0v) is 14.5. The van der Waals surface area contributed by atoms with Crippen LogP contribution in [0, 0.1) is 0 Å². The van der Waals surface area contributed by atoms with E-state index in [1.165, 1.54) is 0 Å². The van der Waals surface area contributed by atoms with Crippen LogP contribution in [0.4, 0.5) is 0 Å². The Bertz CT molecular complexity index is 659. The molecule has 2 saturated heterocycles. The topological polar surface area (TPSA) is 91.4 Å². The summed E-state index contributed by atoms with van der Waals surface area (Å²) in [5.74, 6) is -0.169. The minimum atomic E-state index is -3.32. The Morgan fingerprint density at radius 2 is 2.08 bits per heavy atom. The Morgan fingerprint density at radius 3 is 2.79 bits per heavy atom. The first-order valence-electron chi connectivity index (χ1n) is 8.47. The Hall–Kier alpha value is -1.51. The van der Waals surface area contributed by atoms with Gasteiger partial charge in [-0.15, -0.1) is 0 Å². The maximum Gasteiger partial charge on any atom is 0.237 e. The van der Waals surface area contributed by atoms with E-state index in [2.05, 4.69) is 15.6 Å². The highest BCUT2D eigenvalue weighted by atomic mass is 32.2. The normalized spacial score (nSPS) is 25.5. The molecule has 1 amide bonds. The molecule has 132 valence electrons. The van der Waals surface area contributed by atoms with Gasteiger partial charge < -0.3 is 10.6 Å². The first-order valence-corrected chi connectivity index (χ1v) is 9.97. The lowest BCUT2D eigenvalue weighted by Gasteiger charge is -2.28. The van der Waals surface area contributed by atoms with Crippen molar-refractivity contribution in [2.75, 3.05) is 19.6 Å². The second-order valence-electron chi connectivity index (χ2n) is 6.36. The third-order valence-electron chi connectivity index (χ3n) is 4.67. The Morgan fingerprint density at radius 1 is 1.29 bits per heavy atom. The quantitative estimate of drug-likeness (QED) is 0.792. The fourth-order valence-electron chi connectivity index (χ4n) is 3.26. The average Bonchev–Trinajstić information content (AvgIpc) is 3.12. The summed E-state index contributed by atoms with van der Waals surface area (Å²) < 4.78 is 27.0. The van der Waals surface area contributed by atoms with Gasteiger partial charge in [-0.3, -0.25) is 9.78 Å². The molecule has 1 aromatic heterocycles. The molecule has 0 aliphatic carbocycles. The van der Waals surface area contributed by atoms with E-state index in [9.17, 15) is 13.2 Å². The molecule has 24 heavy (non-hydrogen) atoms. The minimum Gasteiger partial charge on any atom is -0.349 e. The largest absolute Gasteiger partial charge is 0.349 e. The molecule has 0 saturated carbocycles. The predicted octanol–water partition coefficient (Wildman–Crippen LogP) is 0.244. The SMILES string of the molecule is O=C(NCc1ccccn1)C1CC(S(=O)(=O)N2CCCCC2)CN1. The number of nitrogens with one attached hydrogen (secondary N) is 2. The number of nitrogens with zero attached hydrogens (tertiary/aromatic N) is 2. The molecular formula is C16H24N4O3S. The van der Waals surface area contributed by atoms with E-state index in [1.54, 1.807) is 10.5 Å². The Balaban J connectivity index is 1.53. The molecule has 2 unspecified atom stereocenters. The van der Waals surface area contributed by atoms with Crippen LogP contribution in [0.25, 0.3) is 0 Å². The van der Waals surface area contributed by atoms with Crippen molar-refractivity contribution in [3.8, 4) is 0 Å². The van der Waals surface area contributed by atoms with Crippen LogP contribution in [0.5, 0.6) is 0 Å². The van der Waals surface area contributed by atoms with Gasteiger partial charge in [0, 0.05) is 25.8 Å². The smallest absolute Gasteiger partial charge is 0.237 e. The summed E-state index contributed by atoms with van der Waals surface area (Å²) in [7, 11) is -3.32. The third kappa shape index (κ3) is 3.93. The van der Waals surface area contributed by atoms with Crippen molar-refractivity contribution in [1.29, 1.82) is 0 Å². The van der Waals surface area contributed by atoms with E-state index in [4.69, 9.17) is 0 Å². The number of hydrogen-bond acceptors (Lipinski definition) is 5. The van der Waals surface area contributed by atoms with E-state index < -0.39 is 21.3 Å². The molecule has 0 spiro atoms. The standard InChI is InChI=1S/C16H24N4O3S/c21-16(19-11-13-6-2-3-7-17-13)15-10-14(12-18-15)24(22,23)20-8-4-1-5-9-20/h2-3,6-7,14-15,18H,1,4-5,8-12H2,(H,19,21). The zero-order chi connectivity index (χ0) is 17.0. The molecule has 2 aliphatic heterocycles. The van der Waals surface area contributed by atoms with Crippen LogP contribution in [-0.2, 0) is 21.4 Å². The van der Waals surface area contributed by atoms with E-state index in [0.29, 0.717) is 32.6 Å². The van der Waals surface area contributed by atoms with Gasteiger partial charge in [-0.1, -0.05) is 12.5 Å². The molecule has 2 N–H and O–H groups in total. The van der Waals surface area contributed by atoms with Gasteiger partial charge in [0.25, 0.3) is 0 Å². The lowest BCUT2D eigenvalue weighted by atomic mass is 10.2. The number of rotatable bonds is 5. The Labute approximate surface area is 142 Å². The van der Waals surface area contributed by atoms with E-state index >= 15 is 0 Å². The molecule has 7 nitrogen and oxygen atoms in total. The fraction of sp³-hybridized carbons (Fsp3) is 0.625. The molecule has 2 fully saturated rings. The molecule has 0 radical (unpaired) electrons. The zero-order valence-electron chi connectivity index (χ0n) is 13.6. The van der Waals surface area contributed by atoms with Gasteiger partial charge in [0.1, 0.15) is 0 Å². The molecule has 2 aliphatic rings. The number of amides is 1. The summed E-state index contributed by atoms with van der Waals surface area (Å²) in [6.45, 7) is 1.90. The van der Waals surface area contributed by atoms with Gasteiger partial charge >= 0.3 is 0 Å². The van der Waals surface area contributed by atoms with Crippen LogP contribution in [0.2, 0.25) is 0 Å². The second-order valence-corrected chi connectivity index (χ2v) is 8.58. The lowest BCUT2D eigenvalue weighted by molar-refractivity contribution is -0.122. The summed E-state index contributed by atoms with van der Waals surface area (Å²) in [4.78, 5) is 16.4. The summed E-state index contributed by atoms with van der Waals surface area (Å²) in [5.41, 5.74) is 0.779. The number of aromatic nitrogens is 1. The number of pyridine rings is 1. The first-order chi connectivity index (χ1) is 11.6. The van der Waals surface area contributed by atoms with Gasteiger partial charge in [0.2, 0.25) is 15.9 Å². The number of carbonyl (C=O) groups excluding carboxylic acids is 1. The second kappa shape index (κ2) is 7.58.